The highest BCUT2D eigenvalue weighted by molar-refractivity contribution is 6.30. The summed E-state index contributed by atoms with van der Waals surface area (Å²) in [7, 11) is 0. The summed E-state index contributed by atoms with van der Waals surface area (Å²) >= 11 is 5.93. The molecule has 2 rings (SSSR count). The van der Waals surface area contributed by atoms with Gasteiger partial charge in [-0.1, -0.05) is 44.0 Å². The Morgan fingerprint density at radius 1 is 1.26 bits per heavy atom. The molecule has 1 aromatic rings. The number of carboxylic acid groups (broad SMARTS) is 1. The van der Waals surface area contributed by atoms with Crippen molar-refractivity contribution in [1.82, 2.24) is 5.32 Å². The highest BCUT2D eigenvalue weighted by Crippen LogP contribution is 2.29. The van der Waals surface area contributed by atoms with Crippen LogP contribution in [0.3, 0.4) is 0 Å². The largest absolute Gasteiger partial charge is 0.481 e. The van der Waals surface area contributed by atoms with E-state index in [9.17, 15) is 14.7 Å². The number of aliphatic carboxylic acids is 1. The molecule has 0 heterocycles. The van der Waals surface area contributed by atoms with Crippen molar-refractivity contribution in [2.24, 2.45) is 11.8 Å². The van der Waals surface area contributed by atoms with Crippen molar-refractivity contribution in [3.05, 3.63) is 34.9 Å². The summed E-state index contributed by atoms with van der Waals surface area (Å²) in [5.74, 6) is -1.29. The minimum atomic E-state index is -0.820. The molecule has 1 amide bonds. The third-order valence-corrected chi connectivity index (χ3v) is 4.71. The number of carbonyl (C=O) groups is 2. The molecule has 0 saturated heterocycles. The van der Waals surface area contributed by atoms with Gasteiger partial charge in [-0.25, -0.2) is 0 Å². The Bertz CT molecular complexity index is 556. The average Bonchev–Trinajstić information content (AvgIpc) is 2.94. The molecular formula is C18H24ClNO3. The predicted octanol–water partition coefficient (Wildman–Crippen LogP) is 3.84. The Morgan fingerprint density at radius 2 is 1.91 bits per heavy atom. The van der Waals surface area contributed by atoms with E-state index < -0.39 is 11.9 Å². The zero-order valence-electron chi connectivity index (χ0n) is 13.6. The molecule has 1 aliphatic carbocycles. The maximum absolute atomic E-state index is 12.8. The monoisotopic (exact) mass is 337 g/mol. The van der Waals surface area contributed by atoms with Gasteiger partial charge in [0, 0.05) is 11.1 Å². The first-order valence-electron chi connectivity index (χ1n) is 8.17. The standard InChI is InChI=1S/C18H24ClNO3/c1-11(2)10-15(12-6-8-13(19)9-7-12)17(21)20-16-5-3-4-14(16)18(22)23/h6-9,11,14-16H,3-5,10H2,1-2H3,(H,20,21)(H,22,23). The molecule has 126 valence electrons. The van der Waals surface area contributed by atoms with Gasteiger partial charge >= 0.3 is 5.97 Å². The number of hydrogen-bond acceptors (Lipinski definition) is 2. The van der Waals surface area contributed by atoms with Gasteiger partial charge < -0.3 is 10.4 Å². The lowest BCUT2D eigenvalue weighted by Crippen LogP contribution is -2.42. The van der Waals surface area contributed by atoms with Gasteiger partial charge in [0.15, 0.2) is 0 Å². The number of carboxylic acids is 1. The summed E-state index contributed by atoms with van der Waals surface area (Å²) in [6.45, 7) is 4.15. The first kappa shape index (κ1) is 17.8. The third-order valence-electron chi connectivity index (χ3n) is 4.46. The second kappa shape index (κ2) is 7.82. The van der Waals surface area contributed by atoms with E-state index >= 15 is 0 Å². The summed E-state index contributed by atoms with van der Waals surface area (Å²) < 4.78 is 0. The van der Waals surface area contributed by atoms with Crippen molar-refractivity contribution in [3.8, 4) is 0 Å². The maximum atomic E-state index is 12.8. The van der Waals surface area contributed by atoms with E-state index in [0.717, 1.165) is 24.8 Å². The van der Waals surface area contributed by atoms with E-state index in [1.54, 1.807) is 12.1 Å². The molecule has 1 aliphatic rings. The smallest absolute Gasteiger partial charge is 0.308 e. The fraction of sp³-hybridized carbons (Fsp3) is 0.556. The van der Waals surface area contributed by atoms with E-state index in [0.29, 0.717) is 17.4 Å². The van der Waals surface area contributed by atoms with E-state index in [4.69, 9.17) is 11.6 Å². The van der Waals surface area contributed by atoms with Gasteiger partial charge in [-0.05, 0) is 42.9 Å². The molecule has 4 nitrogen and oxygen atoms in total. The molecule has 2 N–H and O–H groups in total. The van der Waals surface area contributed by atoms with Gasteiger partial charge in [0.25, 0.3) is 0 Å². The van der Waals surface area contributed by atoms with Gasteiger partial charge in [0.2, 0.25) is 5.91 Å². The number of amides is 1. The van der Waals surface area contributed by atoms with Gasteiger partial charge in [0.1, 0.15) is 0 Å². The topological polar surface area (TPSA) is 66.4 Å². The van der Waals surface area contributed by atoms with Crippen LogP contribution in [0.15, 0.2) is 24.3 Å². The molecule has 5 heteroatoms. The van der Waals surface area contributed by atoms with Crippen molar-refractivity contribution in [2.75, 3.05) is 0 Å². The maximum Gasteiger partial charge on any atom is 0.308 e. The number of rotatable bonds is 6. The Kier molecular flexibility index (Phi) is 6.05. The van der Waals surface area contributed by atoms with Crippen LogP contribution in [-0.2, 0) is 9.59 Å². The van der Waals surface area contributed by atoms with Crippen LogP contribution in [0.1, 0.15) is 51.0 Å². The second-order valence-corrected chi connectivity index (χ2v) is 7.16. The molecule has 3 unspecified atom stereocenters. The molecule has 0 bridgehead atoms. The first-order chi connectivity index (χ1) is 10.9. The van der Waals surface area contributed by atoms with E-state index in [-0.39, 0.29) is 17.9 Å². The van der Waals surface area contributed by atoms with Crippen LogP contribution in [0.2, 0.25) is 5.02 Å². The van der Waals surface area contributed by atoms with Crippen molar-refractivity contribution >= 4 is 23.5 Å². The minimum Gasteiger partial charge on any atom is -0.481 e. The molecule has 0 aromatic heterocycles. The SMILES string of the molecule is CC(C)CC(C(=O)NC1CCCC1C(=O)O)c1ccc(Cl)cc1. The summed E-state index contributed by atoms with van der Waals surface area (Å²) in [4.78, 5) is 24.0. The third kappa shape index (κ3) is 4.71. The van der Waals surface area contributed by atoms with Crippen molar-refractivity contribution in [1.29, 1.82) is 0 Å². The Labute approximate surface area is 142 Å². The molecule has 0 spiro atoms. The van der Waals surface area contributed by atoms with Crippen LogP contribution in [0.25, 0.3) is 0 Å². The van der Waals surface area contributed by atoms with Gasteiger partial charge in [-0.3, -0.25) is 9.59 Å². The highest BCUT2D eigenvalue weighted by Gasteiger charge is 2.35. The fourth-order valence-corrected chi connectivity index (χ4v) is 3.40. The Hall–Kier alpha value is -1.55. The van der Waals surface area contributed by atoms with Crippen LogP contribution in [0, 0.1) is 11.8 Å². The number of carbonyl (C=O) groups excluding carboxylic acids is 1. The quantitative estimate of drug-likeness (QED) is 0.828. The Balaban J connectivity index is 2.13. The molecule has 1 fully saturated rings. The summed E-state index contributed by atoms with van der Waals surface area (Å²) in [6, 6.07) is 7.05. The summed E-state index contributed by atoms with van der Waals surface area (Å²) in [5, 5.41) is 12.9. The lowest BCUT2D eigenvalue weighted by atomic mass is 9.89. The van der Waals surface area contributed by atoms with Crippen LogP contribution in [0.5, 0.6) is 0 Å². The number of nitrogens with one attached hydrogen (secondary N) is 1. The van der Waals surface area contributed by atoms with Gasteiger partial charge in [0.05, 0.1) is 11.8 Å². The summed E-state index contributed by atoms with van der Waals surface area (Å²) in [5.41, 5.74) is 0.922. The van der Waals surface area contributed by atoms with Crippen LogP contribution < -0.4 is 5.32 Å². The highest BCUT2D eigenvalue weighted by atomic mass is 35.5. The molecular weight excluding hydrogens is 314 g/mol. The normalized spacial score (nSPS) is 22.1. The number of hydrogen-bond donors (Lipinski definition) is 2. The second-order valence-electron chi connectivity index (χ2n) is 6.72. The van der Waals surface area contributed by atoms with Crippen LogP contribution in [-0.4, -0.2) is 23.0 Å². The predicted molar refractivity (Wildman–Crippen MR) is 90.6 cm³/mol. The van der Waals surface area contributed by atoms with Crippen molar-refractivity contribution in [2.45, 2.75) is 51.5 Å². The molecule has 23 heavy (non-hydrogen) atoms. The van der Waals surface area contributed by atoms with Crippen LogP contribution in [0.4, 0.5) is 0 Å². The first-order valence-corrected chi connectivity index (χ1v) is 8.55. The lowest BCUT2D eigenvalue weighted by molar-refractivity contribution is -0.142. The van der Waals surface area contributed by atoms with Gasteiger partial charge in [-0.2, -0.15) is 0 Å². The van der Waals surface area contributed by atoms with E-state index in [2.05, 4.69) is 19.2 Å². The lowest BCUT2D eigenvalue weighted by Gasteiger charge is -2.24. The minimum absolute atomic E-state index is 0.0841. The zero-order valence-corrected chi connectivity index (χ0v) is 14.3. The van der Waals surface area contributed by atoms with Crippen LogP contribution >= 0.6 is 11.6 Å². The fourth-order valence-electron chi connectivity index (χ4n) is 3.27. The summed E-state index contributed by atoms with van der Waals surface area (Å²) in [6.07, 6.45) is 2.93. The van der Waals surface area contributed by atoms with Crippen molar-refractivity contribution < 1.29 is 14.7 Å². The molecule has 1 aromatic carbocycles. The Morgan fingerprint density at radius 3 is 2.48 bits per heavy atom. The molecule has 0 radical (unpaired) electrons. The zero-order chi connectivity index (χ0) is 17.0. The van der Waals surface area contributed by atoms with Crippen molar-refractivity contribution in [3.63, 3.8) is 0 Å². The van der Waals surface area contributed by atoms with Gasteiger partial charge in [-0.15, -0.1) is 0 Å². The van der Waals surface area contributed by atoms with E-state index in [1.165, 1.54) is 0 Å². The molecule has 3 atom stereocenters. The number of halogens is 1. The molecule has 1 saturated carbocycles. The van der Waals surface area contributed by atoms with E-state index in [1.807, 2.05) is 12.1 Å². The molecule has 0 aliphatic heterocycles. The average molecular weight is 338 g/mol. The number of benzene rings is 1.